The fourth-order valence-electron chi connectivity index (χ4n) is 3.50. The molecule has 29 heavy (non-hydrogen) atoms. The highest BCUT2D eigenvalue weighted by atomic mass is 79.9. The first-order chi connectivity index (χ1) is 13.9. The van der Waals surface area contributed by atoms with Gasteiger partial charge in [0.2, 0.25) is 0 Å². The maximum absolute atomic E-state index is 11.7. The lowest BCUT2D eigenvalue weighted by Gasteiger charge is -2.12. The summed E-state index contributed by atoms with van der Waals surface area (Å²) in [5.41, 5.74) is 8.93. The summed E-state index contributed by atoms with van der Waals surface area (Å²) in [4.78, 5) is 21.1. The number of benzene rings is 1. The van der Waals surface area contributed by atoms with Crippen LogP contribution in [0.25, 0.3) is 21.9 Å². The zero-order chi connectivity index (χ0) is 21.0. The zero-order valence-corrected chi connectivity index (χ0v) is 18.8. The van der Waals surface area contributed by atoms with Gasteiger partial charge in [-0.2, -0.15) is 0 Å². The van der Waals surface area contributed by atoms with Crippen LogP contribution in [-0.2, 0) is 13.0 Å². The summed E-state index contributed by atoms with van der Waals surface area (Å²) in [6.45, 7) is 7.52. The minimum atomic E-state index is -0.116. The number of anilines is 1. The SMILES string of the molecule is CCCc1nc2c(N)nc3cc(Br)ccc3c2n1CCCCNC(=O)NC(C)C. The normalized spacial score (nSPS) is 11.5. The minimum absolute atomic E-state index is 0.116. The van der Waals surface area contributed by atoms with E-state index in [9.17, 15) is 4.79 Å². The number of pyridine rings is 1. The fraction of sp³-hybridized carbons (Fsp3) is 0.476. The summed E-state index contributed by atoms with van der Waals surface area (Å²) in [7, 11) is 0. The van der Waals surface area contributed by atoms with Gasteiger partial charge in [0, 0.05) is 35.4 Å². The Labute approximate surface area is 179 Å². The van der Waals surface area contributed by atoms with Crippen molar-refractivity contribution in [1.29, 1.82) is 0 Å². The van der Waals surface area contributed by atoms with Gasteiger partial charge in [0.25, 0.3) is 0 Å². The number of hydrogen-bond acceptors (Lipinski definition) is 4. The van der Waals surface area contributed by atoms with Gasteiger partial charge >= 0.3 is 6.03 Å². The van der Waals surface area contributed by atoms with Crippen LogP contribution in [-0.4, -0.2) is 33.2 Å². The number of hydrogen-bond donors (Lipinski definition) is 3. The molecule has 2 aromatic heterocycles. The first-order valence-electron chi connectivity index (χ1n) is 10.2. The van der Waals surface area contributed by atoms with E-state index >= 15 is 0 Å². The summed E-state index contributed by atoms with van der Waals surface area (Å²) in [5.74, 6) is 1.51. The average Bonchev–Trinajstić information content (AvgIpc) is 3.00. The van der Waals surface area contributed by atoms with E-state index in [0.717, 1.165) is 64.5 Å². The number of nitrogen functional groups attached to an aromatic ring is 1. The van der Waals surface area contributed by atoms with Crippen molar-refractivity contribution in [3.63, 3.8) is 0 Å². The monoisotopic (exact) mass is 460 g/mol. The van der Waals surface area contributed by atoms with Crippen LogP contribution < -0.4 is 16.4 Å². The number of aryl methyl sites for hydroxylation is 2. The molecule has 4 N–H and O–H groups in total. The van der Waals surface area contributed by atoms with E-state index in [1.54, 1.807) is 0 Å². The van der Waals surface area contributed by atoms with E-state index in [2.05, 4.69) is 49.1 Å². The van der Waals surface area contributed by atoms with Crippen LogP contribution in [0.4, 0.5) is 10.6 Å². The van der Waals surface area contributed by atoms with Gasteiger partial charge in [-0.25, -0.2) is 14.8 Å². The number of aromatic nitrogens is 3. The molecule has 8 heteroatoms. The maximum Gasteiger partial charge on any atom is 0.314 e. The van der Waals surface area contributed by atoms with E-state index < -0.39 is 0 Å². The number of carbonyl (C=O) groups excluding carboxylic acids is 1. The first kappa shape index (κ1) is 21.4. The van der Waals surface area contributed by atoms with Crippen molar-refractivity contribution in [3.05, 3.63) is 28.5 Å². The van der Waals surface area contributed by atoms with Gasteiger partial charge < -0.3 is 20.9 Å². The zero-order valence-electron chi connectivity index (χ0n) is 17.3. The summed E-state index contributed by atoms with van der Waals surface area (Å²) in [6.07, 6.45) is 3.73. The second-order valence-corrected chi connectivity index (χ2v) is 8.46. The van der Waals surface area contributed by atoms with Crippen LogP contribution in [0.5, 0.6) is 0 Å². The molecule has 0 aliphatic carbocycles. The second kappa shape index (κ2) is 9.43. The molecule has 2 amide bonds. The lowest BCUT2D eigenvalue weighted by Crippen LogP contribution is -2.39. The molecule has 1 aromatic carbocycles. The van der Waals surface area contributed by atoms with E-state index in [1.807, 2.05) is 26.0 Å². The predicted octanol–water partition coefficient (Wildman–Crippen LogP) is 4.37. The Morgan fingerprint density at radius 2 is 2.07 bits per heavy atom. The molecule has 2 heterocycles. The van der Waals surface area contributed by atoms with Crippen molar-refractivity contribution in [2.45, 2.75) is 59.0 Å². The molecule has 0 radical (unpaired) electrons. The number of nitrogens with two attached hydrogens (primary N) is 1. The van der Waals surface area contributed by atoms with Crippen molar-refractivity contribution in [2.24, 2.45) is 0 Å². The Hall–Kier alpha value is -2.35. The second-order valence-electron chi connectivity index (χ2n) is 7.55. The third-order valence-electron chi connectivity index (χ3n) is 4.73. The van der Waals surface area contributed by atoms with Crippen LogP contribution in [0.15, 0.2) is 22.7 Å². The van der Waals surface area contributed by atoms with Gasteiger partial charge in [-0.15, -0.1) is 0 Å². The minimum Gasteiger partial charge on any atom is -0.382 e. The molecule has 0 unspecified atom stereocenters. The summed E-state index contributed by atoms with van der Waals surface area (Å²) < 4.78 is 3.25. The number of amides is 2. The van der Waals surface area contributed by atoms with Gasteiger partial charge in [0.05, 0.1) is 11.0 Å². The average molecular weight is 461 g/mol. The Morgan fingerprint density at radius 3 is 2.79 bits per heavy atom. The quantitative estimate of drug-likeness (QED) is 0.434. The molecule has 0 bridgehead atoms. The Bertz CT molecular complexity index is 1010. The molecule has 0 fully saturated rings. The third-order valence-corrected chi connectivity index (χ3v) is 5.23. The standard InChI is InChI=1S/C21H29BrN6O/c1-4-7-17-27-18-19(15-9-8-14(22)12-16(15)26-20(18)23)28(17)11-6-5-10-24-21(29)25-13(2)3/h8-9,12-13H,4-7,10-11H2,1-3H3,(H2,23,26)(H2,24,25,29). The van der Waals surface area contributed by atoms with Crippen molar-refractivity contribution in [2.75, 3.05) is 12.3 Å². The fourth-order valence-corrected chi connectivity index (χ4v) is 3.85. The van der Waals surface area contributed by atoms with Gasteiger partial charge in [-0.3, -0.25) is 0 Å². The van der Waals surface area contributed by atoms with E-state index in [-0.39, 0.29) is 12.1 Å². The van der Waals surface area contributed by atoms with Gasteiger partial charge in [0.1, 0.15) is 11.3 Å². The molecule has 0 aliphatic rings. The molecular weight excluding hydrogens is 432 g/mol. The van der Waals surface area contributed by atoms with Crippen LogP contribution in [0, 0.1) is 0 Å². The number of unbranched alkanes of at least 4 members (excludes halogenated alkanes) is 1. The smallest absolute Gasteiger partial charge is 0.314 e. The largest absolute Gasteiger partial charge is 0.382 e. The molecule has 7 nitrogen and oxygen atoms in total. The number of rotatable bonds is 8. The number of nitrogens with zero attached hydrogens (tertiary/aromatic N) is 3. The Morgan fingerprint density at radius 1 is 1.28 bits per heavy atom. The number of halogens is 1. The molecule has 0 saturated carbocycles. The molecule has 156 valence electrons. The number of imidazole rings is 1. The van der Waals surface area contributed by atoms with Gasteiger partial charge in [-0.05, 0) is 51.3 Å². The van der Waals surface area contributed by atoms with Crippen LogP contribution in [0.2, 0.25) is 0 Å². The predicted molar refractivity (Wildman–Crippen MR) is 122 cm³/mol. The van der Waals surface area contributed by atoms with Crippen molar-refractivity contribution in [3.8, 4) is 0 Å². The lowest BCUT2D eigenvalue weighted by atomic mass is 10.2. The molecule has 0 saturated heterocycles. The van der Waals surface area contributed by atoms with Crippen LogP contribution >= 0.6 is 15.9 Å². The highest BCUT2D eigenvalue weighted by Crippen LogP contribution is 2.31. The third kappa shape index (κ3) is 4.98. The molecule has 0 spiro atoms. The van der Waals surface area contributed by atoms with E-state index in [0.29, 0.717) is 12.4 Å². The molecule has 3 aromatic rings. The summed E-state index contributed by atoms with van der Waals surface area (Å²) >= 11 is 3.51. The lowest BCUT2D eigenvalue weighted by molar-refractivity contribution is 0.238. The highest BCUT2D eigenvalue weighted by Gasteiger charge is 2.17. The van der Waals surface area contributed by atoms with E-state index in [4.69, 9.17) is 10.7 Å². The molecule has 3 rings (SSSR count). The Kier molecular flexibility index (Phi) is 6.95. The Balaban J connectivity index is 1.83. The highest BCUT2D eigenvalue weighted by molar-refractivity contribution is 9.10. The molecule has 0 aliphatic heterocycles. The van der Waals surface area contributed by atoms with Crippen molar-refractivity contribution in [1.82, 2.24) is 25.2 Å². The number of fused-ring (bicyclic) bond motifs is 3. The number of carbonyl (C=O) groups is 1. The van der Waals surface area contributed by atoms with Gasteiger partial charge in [-0.1, -0.05) is 22.9 Å². The van der Waals surface area contributed by atoms with Crippen molar-refractivity contribution < 1.29 is 4.79 Å². The van der Waals surface area contributed by atoms with Crippen LogP contribution in [0.1, 0.15) is 45.9 Å². The molecule has 0 atom stereocenters. The molecular formula is C21H29BrN6O. The summed E-state index contributed by atoms with van der Waals surface area (Å²) in [6, 6.07) is 6.10. The number of nitrogens with one attached hydrogen (secondary N) is 2. The maximum atomic E-state index is 11.7. The van der Waals surface area contributed by atoms with E-state index in [1.165, 1.54) is 0 Å². The first-order valence-corrected chi connectivity index (χ1v) is 11.0. The van der Waals surface area contributed by atoms with Crippen LogP contribution in [0.3, 0.4) is 0 Å². The van der Waals surface area contributed by atoms with Gasteiger partial charge in [0.15, 0.2) is 5.82 Å². The topological polar surface area (TPSA) is 97.9 Å². The summed E-state index contributed by atoms with van der Waals surface area (Å²) in [5, 5.41) is 6.80. The number of urea groups is 1. The van der Waals surface area contributed by atoms with Crippen molar-refractivity contribution >= 4 is 49.7 Å².